The lowest BCUT2D eigenvalue weighted by molar-refractivity contribution is 0.0227. The van der Waals surface area contributed by atoms with E-state index in [9.17, 15) is 0 Å². The predicted molar refractivity (Wildman–Crippen MR) is 71.1 cm³/mol. The summed E-state index contributed by atoms with van der Waals surface area (Å²) < 4.78 is 5.45. The summed E-state index contributed by atoms with van der Waals surface area (Å²) in [5.41, 5.74) is 0.472. The van der Waals surface area contributed by atoms with Crippen LogP contribution in [0.3, 0.4) is 0 Å². The minimum absolute atomic E-state index is 0.472. The van der Waals surface area contributed by atoms with Gasteiger partial charge in [0.05, 0.1) is 0 Å². The average molecular weight is 243 g/mol. The standard InChI is InChI=1S/C13H25NOS/c1-11-12(4-3-9-16-11)14-10-13(2)5-7-15-8-6-13/h11-12,14H,3-10H2,1-2H3. The molecular weight excluding hydrogens is 218 g/mol. The summed E-state index contributed by atoms with van der Waals surface area (Å²) in [5.74, 6) is 1.35. The monoisotopic (exact) mass is 243 g/mol. The molecule has 2 aliphatic rings. The van der Waals surface area contributed by atoms with E-state index in [-0.39, 0.29) is 0 Å². The lowest BCUT2D eigenvalue weighted by Crippen LogP contribution is -2.45. The van der Waals surface area contributed by atoms with E-state index in [2.05, 4.69) is 30.9 Å². The second-order valence-corrected chi connectivity index (χ2v) is 7.11. The Morgan fingerprint density at radius 2 is 2.12 bits per heavy atom. The Morgan fingerprint density at radius 1 is 1.38 bits per heavy atom. The zero-order valence-electron chi connectivity index (χ0n) is 10.6. The fourth-order valence-electron chi connectivity index (χ4n) is 2.61. The van der Waals surface area contributed by atoms with Crippen LogP contribution in [0, 0.1) is 5.41 Å². The van der Waals surface area contributed by atoms with Crippen LogP contribution in [0.2, 0.25) is 0 Å². The average Bonchev–Trinajstić information content (AvgIpc) is 2.29. The van der Waals surface area contributed by atoms with Crippen molar-refractivity contribution in [1.82, 2.24) is 5.32 Å². The second kappa shape index (κ2) is 5.74. The zero-order chi connectivity index (χ0) is 11.4. The molecule has 0 aromatic heterocycles. The highest BCUT2D eigenvalue weighted by Gasteiger charge is 2.29. The number of thioether (sulfide) groups is 1. The molecule has 94 valence electrons. The highest BCUT2D eigenvalue weighted by molar-refractivity contribution is 7.99. The number of rotatable bonds is 3. The minimum Gasteiger partial charge on any atom is -0.381 e. The van der Waals surface area contributed by atoms with Crippen molar-refractivity contribution in [3.05, 3.63) is 0 Å². The molecule has 0 aromatic rings. The maximum atomic E-state index is 5.45. The van der Waals surface area contributed by atoms with Crippen LogP contribution in [0.4, 0.5) is 0 Å². The minimum atomic E-state index is 0.472. The highest BCUT2D eigenvalue weighted by atomic mass is 32.2. The van der Waals surface area contributed by atoms with E-state index in [1.165, 1.54) is 38.0 Å². The van der Waals surface area contributed by atoms with Crippen molar-refractivity contribution in [2.75, 3.05) is 25.5 Å². The van der Waals surface area contributed by atoms with Gasteiger partial charge < -0.3 is 10.1 Å². The van der Waals surface area contributed by atoms with Gasteiger partial charge in [-0.1, -0.05) is 13.8 Å². The molecule has 2 unspecified atom stereocenters. The van der Waals surface area contributed by atoms with Crippen LogP contribution >= 0.6 is 11.8 Å². The Labute approximate surface area is 104 Å². The topological polar surface area (TPSA) is 21.3 Å². The molecule has 16 heavy (non-hydrogen) atoms. The fourth-order valence-corrected chi connectivity index (χ4v) is 3.78. The maximum absolute atomic E-state index is 5.45. The van der Waals surface area contributed by atoms with E-state index >= 15 is 0 Å². The van der Waals surface area contributed by atoms with E-state index < -0.39 is 0 Å². The molecule has 2 saturated heterocycles. The summed E-state index contributed by atoms with van der Waals surface area (Å²) in [6.45, 7) is 7.85. The fraction of sp³-hybridized carbons (Fsp3) is 1.00. The lowest BCUT2D eigenvalue weighted by Gasteiger charge is -2.37. The van der Waals surface area contributed by atoms with Crippen LogP contribution in [0.15, 0.2) is 0 Å². The Bertz CT molecular complexity index is 216. The first-order valence-corrected chi connectivity index (χ1v) is 7.67. The SMILES string of the molecule is CC1SCCCC1NCC1(C)CCOCC1. The van der Waals surface area contributed by atoms with E-state index in [4.69, 9.17) is 4.74 Å². The summed E-state index contributed by atoms with van der Waals surface area (Å²) in [6.07, 6.45) is 5.18. The van der Waals surface area contributed by atoms with Crippen LogP contribution in [0.25, 0.3) is 0 Å². The van der Waals surface area contributed by atoms with Gasteiger partial charge in [0, 0.05) is 31.1 Å². The van der Waals surface area contributed by atoms with Gasteiger partial charge in [0.1, 0.15) is 0 Å². The van der Waals surface area contributed by atoms with E-state index in [1.54, 1.807) is 0 Å². The van der Waals surface area contributed by atoms with Gasteiger partial charge >= 0.3 is 0 Å². The van der Waals surface area contributed by atoms with Gasteiger partial charge in [-0.15, -0.1) is 0 Å². The van der Waals surface area contributed by atoms with Gasteiger partial charge in [0.15, 0.2) is 0 Å². The van der Waals surface area contributed by atoms with Gasteiger partial charge in [-0.3, -0.25) is 0 Å². The summed E-state index contributed by atoms with van der Waals surface area (Å²) in [6, 6.07) is 0.735. The predicted octanol–water partition coefficient (Wildman–Crippen LogP) is 2.68. The molecular formula is C13H25NOS. The van der Waals surface area contributed by atoms with Crippen LogP contribution in [0.1, 0.15) is 39.5 Å². The molecule has 2 aliphatic heterocycles. The van der Waals surface area contributed by atoms with Crippen molar-refractivity contribution in [1.29, 1.82) is 0 Å². The molecule has 0 spiro atoms. The van der Waals surface area contributed by atoms with Crippen molar-refractivity contribution in [3.8, 4) is 0 Å². The Balaban J connectivity index is 1.76. The lowest BCUT2D eigenvalue weighted by atomic mass is 9.82. The number of ether oxygens (including phenoxy) is 1. The molecule has 2 fully saturated rings. The first-order chi connectivity index (χ1) is 7.70. The number of hydrogen-bond donors (Lipinski definition) is 1. The van der Waals surface area contributed by atoms with Crippen LogP contribution in [0.5, 0.6) is 0 Å². The Hall–Kier alpha value is 0.270. The van der Waals surface area contributed by atoms with Gasteiger partial charge in [-0.2, -0.15) is 11.8 Å². The van der Waals surface area contributed by atoms with E-state index in [0.717, 1.165) is 24.5 Å². The van der Waals surface area contributed by atoms with Crippen molar-refractivity contribution in [2.45, 2.75) is 50.8 Å². The largest absolute Gasteiger partial charge is 0.381 e. The molecule has 0 aliphatic carbocycles. The van der Waals surface area contributed by atoms with Gasteiger partial charge in [-0.05, 0) is 36.9 Å². The number of hydrogen-bond acceptors (Lipinski definition) is 3. The molecule has 2 atom stereocenters. The molecule has 1 N–H and O–H groups in total. The van der Waals surface area contributed by atoms with Crippen molar-refractivity contribution < 1.29 is 4.74 Å². The third-order valence-electron chi connectivity index (χ3n) is 4.10. The molecule has 0 bridgehead atoms. The molecule has 2 heterocycles. The quantitative estimate of drug-likeness (QED) is 0.823. The van der Waals surface area contributed by atoms with Crippen molar-refractivity contribution >= 4 is 11.8 Å². The normalized spacial score (nSPS) is 34.9. The second-order valence-electron chi connectivity index (χ2n) is 5.63. The van der Waals surface area contributed by atoms with Crippen molar-refractivity contribution in [2.24, 2.45) is 5.41 Å². The molecule has 3 heteroatoms. The van der Waals surface area contributed by atoms with Crippen LogP contribution in [-0.4, -0.2) is 36.8 Å². The Morgan fingerprint density at radius 3 is 2.81 bits per heavy atom. The van der Waals surface area contributed by atoms with E-state index in [1.807, 2.05) is 0 Å². The zero-order valence-corrected chi connectivity index (χ0v) is 11.4. The molecule has 2 rings (SSSR count). The molecule has 0 aromatic carbocycles. The Kier molecular flexibility index (Phi) is 4.57. The highest BCUT2D eigenvalue weighted by Crippen LogP contribution is 2.30. The van der Waals surface area contributed by atoms with Crippen molar-refractivity contribution in [3.63, 3.8) is 0 Å². The molecule has 0 amide bonds. The molecule has 0 saturated carbocycles. The summed E-state index contributed by atoms with van der Waals surface area (Å²) in [4.78, 5) is 0. The summed E-state index contributed by atoms with van der Waals surface area (Å²) in [7, 11) is 0. The van der Waals surface area contributed by atoms with Crippen LogP contribution in [-0.2, 0) is 4.74 Å². The van der Waals surface area contributed by atoms with Gasteiger partial charge in [-0.25, -0.2) is 0 Å². The van der Waals surface area contributed by atoms with Gasteiger partial charge in [0.2, 0.25) is 0 Å². The molecule has 2 nitrogen and oxygen atoms in total. The maximum Gasteiger partial charge on any atom is 0.0471 e. The smallest absolute Gasteiger partial charge is 0.0471 e. The van der Waals surface area contributed by atoms with Crippen LogP contribution < -0.4 is 5.32 Å². The molecule has 0 radical (unpaired) electrons. The summed E-state index contributed by atoms with van der Waals surface area (Å²) >= 11 is 2.12. The third kappa shape index (κ3) is 3.38. The van der Waals surface area contributed by atoms with E-state index in [0.29, 0.717) is 5.41 Å². The first kappa shape index (κ1) is 12.7. The first-order valence-electron chi connectivity index (χ1n) is 6.62. The third-order valence-corrected chi connectivity index (χ3v) is 5.48. The summed E-state index contributed by atoms with van der Waals surface area (Å²) in [5, 5.41) is 4.59. The van der Waals surface area contributed by atoms with Gasteiger partial charge in [0.25, 0.3) is 0 Å². The number of nitrogens with one attached hydrogen (secondary N) is 1.